The quantitative estimate of drug-likeness (QED) is 0.529. The predicted molar refractivity (Wildman–Crippen MR) is 113 cm³/mol. The number of aromatic nitrogens is 2. The number of ether oxygens (including phenoxy) is 1. The standard InChI is InChI=1S/C24H20FN3O2/c1-15-10-20(25)5-6-21(15)24(29)28-8-9-30-23-7-4-16(11-19(23)14-28)17-2-3-18-13-26-27-22(18)12-17/h2-7,10-13H,8-9,14H2,1H3,(H,26,27). The highest BCUT2D eigenvalue weighted by Crippen LogP contribution is 2.31. The zero-order chi connectivity index (χ0) is 20.7. The Labute approximate surface area is 173 Å². The molecule has 1 N–H and O–H groups in total. The Hall–Kier alpha value is -3.67. The summed E-state index contributed by atoms with van der Waals surface area (Å²) >= 11 is 0. The highest BCUT2D eigenvalue weighted by molar-refractivity contribution is 5.95. The molecular weight excluding hydrogens is 381 g/mol. The topological polar surface area (TPSA) is 58.2 Å². The Morgan fingerprint density at radius 2 is 1.93 bits per heavy atom. The Morgan fingerprint density at radius 1 is 1.10 bits per heavy atom. The van der Waals surface area contributed by atoms with Gasteiger partial charge in [-0.05, 0) is 60.0 Å². The van der Waals surface area contributed by atoms with Crippen LogP contribution < -0.4 is 4.74 Å². The van der Waals surface area contributed by atoms with Gasteiger partial charge in [-0.2, -0.15) is 5.10 Å². The highest BCUT2D eigenvalue weighted by atomic mass is 19.1. The maximum absolute atomic E-state index is 13.4. The van der Waals surface area contributed by atoms with Crippen molar-refractivity contribution in [2.75, 3.05) is 13.2 Å². The van der Waals surface area contributed by atoms with Gasteiger partial charge in [0.15, 0.2) is 0 Å². The fourth-order valence-corrected chi connectivity index (χ4v) is 3.90. The number of amides is 1. The number of H-pyrrole nitrogens is 1. The molecule has 5 rings (SSSR count). The smallest absolute Gasteiger partial charge is 0.254 e. The summed E-state index contributed by atoms with van der Waals surface area (Å²) in [7, 11) is 0. The van der Waals surface area contributed by atoms with E-state index in [1.165, 1.54) is 12.1 Å². The summed E-state index contributed by atoms with van der Waals surface area (Å²) in [6.07, 6.45) is 1.80. The van der Waals surface area contributed by atoms with Crippen molar-refractivity contribution < 1.29 is 13.9 Å². The Bertz CT molecular complexity index is 1260. The van der Waals surface area contributed by atoms with Crippen LogP contribution >= 0.6 is 0 Å². The van der Waals surface area contributed by atoms with Gasteiger partial charge in [0, 0.05) is 23.1 Å². The molecule has 1 aliphatic heterocycles. The first-order valence-corrected chi connectivity index (χ1v) is 9.83. The monoisotopic (exact) mass is 401 g/mol. The molecule has 0 unspecified atom stereocenters. The third-order valence-corrected chi connectivity index (χ3v) is 5.52. The lowest BCUT2D eigenvalue weighted by Gasteiger charge is -2.21. The molecule has 0 radical (unpaired) electrons. The third-order valence-electron chi connectivity index (χ3n) is 5.52. The molecule has 6 heteroatoms. The van der Waals surface area contributed by atoms with Crippen molar-refractivity contribution in [3.05, 3.63) is 83.3 Å². The average Bonchev–Trinajstić information content (AvgIpc) is 3.10. The van der Waals surface area contributed by atoms with Gasteiger partial charge < -0.3 is 9.64 Å². The maximum atomic E-state index is 13.4. The minimum Gasteiger partial charge on any atom is -0.491 e. The van der Waals surface area contributed by atoms with Crippen molar-refractivity contribution in [1.29, 1.82) is 0 Å². The molecule has 0 fully saturated rings. The zero-order valence-electron chi connectivity index (χ0n) is 16.5. The summed E-state index contributed by atoms with van der Waals surface area (Å²) < 4.78 is 19.3. The first kappa shape index (κ1) is 18.4. The van der Waals surface area contributed by atoms with E-state index in [9.17, 15) is 9.18 Å². The van der Waals surface area contributed by atoms with E-state index in [1.54, 1.807) is 24.1 Å². The number of aromatic amines is 1. The van der Waals surface area contributed by atoms with Crippen LogP contribution in [0.3, 0.4) is 0 Å². The van der Waals surface area contributed by atoms with Gasteiger partial charge in [-0.15, -0.1) is 0 Å². The minimum absolute atomic E-state index is 0.117. The van der Waals surface area contributed by atoms with Crippen LogP contribution in [0.15, 0.2) is 60.8 Å². The number of hydrogen-bond donors (Lipinski definition) is 1. The van der Waals surface area contributed by atoms with Crippen LogP contribution in [0.5, 0.6) is 5.75 Å². The zero-order valence-corrected chi connectivity index (χ0v) is 16.5. The number of halogens is 1. The normalized spacial score (nSPS) is 13.6. The number of rotatable bonds is 2. The molecule has 150 valence electrons. The second-order valence-corrected chi connectivity index (χ2v) is 7.53. The Balaban J connectivity index is 1.47. The fourth-order valence-electron chi connectivity index (χ4n) is 3.90. The fraction of sp³-hybridized carbons (Fsp3) is 0.167. The second kappa shape index (κ2) is 7.30. The molecule has 0 saturated heterocycles. The molecule has 1 aliphatic rings. The average molecular weight is 401 g/mol. The molecular formula is C24H20FN3O2. The van der Waals surface area contributed by atoms with Gasteiger partial charge >= 0.3 is 0 Å². The largest absolute Gasteiger partial charge is 0.491 e. The van der Waals surface area contributed by atoms with Gasteiger partial charge in [-0.25, -0.2) is 4.39 Å². The van der Waals surface area contributed by atoms with E-state index < -0.39 is 0 Å². The number of carbonyl (C=O) groups excluding carboxylic acids is 1. The summed E-state index contributed by atoms with van der Waals surface area (Å²) in [5.41, 5.74) is 5.17. The van der Waals surface area contributed by atoms with Crippen molar-refractivity contribution in [3.8, 4) is 16.9 Å². The molecule has 2 heterocycles. The molecule has 1 aromatic heterocycles. The number of hydrogen-bond acceptors (Lipinski definition) is 3. The Kier molecular flexibility index (Phi) is 4.47. The van der Waals surface area contributed by atoms with Crippen LogP contribution in [-0.2, 0) is 6.54 Å². The Morgan fingerprint density at radius 3 is 2.80 bits per heavy atom. The maximum Gasteiger partial charge on any atom is 0.254 e. The number of nitrogens with one attached hydrogen (secondary N) is 1. The second-order valence-electron chi connectivity index (χ2n) is 7.53. The van der Waals surface area contributed by atoms with E-state index in [2.05, 4.69) is 28.4 Å². The highest BCUT2D eigenvalue weighted by Gasteiger charge is 2.23. The molecule has 30 heavy (non-hydrogen) atoms. The molecule has 5 nitrogen and oxygen atoms in total. The lowest BCUT2D eigenvalue weighted by Crippen LogP contribution is -2.32. The van der Waals surface area contributed by atoms with Gasteiger partial charge in [0.25, 0.3) is 5.91 Å². The molecule has 0 spiro atoms. The van der Waals surface area contributed by atoms with Crippen molar-refractivity contribution in [2.45, 2.75) is 13.5 Å². The number of nitrogens with zero attached hydrogens (tertiary/aromatic N) is 2. The van der Waals surface area contributed by atoms with E-state index in [-0.39, 0.29) is 11.7 Å². The van der Waals surface area contributed by atoms with E-state index in [0.717, 1.165) is 33.3 Å². The van der Waals surface area contributed by atoms with Crippen LogP contribution in [-0.4, -0.2) is 34.2 Å². The van der Waals surface area contributed by atoms with Gasteiger partial charge in [0.05, 0.1) is 18.3 Å². The van der Waals surface area contributed by atoms with Gasteiger partial charge in [-0.3, -0.25) is 9.89 Å². The van der Waals surface area contributed by atoms with Crippen molar-refractivity contribution in [1.82, 2.24) is 15.1 Å². The number of benzene rings is 3. The van der Waals surface area contributed by atoms with E-state index in [4.69, 9.17) is 4.74 Å². The molecule has 0 aliphatic carbocycles. The molecule has 3 aromatic carbocycles. The molecule has 4 aromatic rings. The van der Waals surface area contributed by atoms with Gasteiger partial charge in [-0.1, -0.05) is 18.2 Å². The summed E-state index contributed by atoms with van der Waals surface area (Å²) in [4.78, 5) is 14.9. The van der Waals surface area contributed by atoms with E-state index >= 15 is 0 Å². The van der Waals surface area contributed by atoms with Crippen molar-refractivity contribution >= 4 is 16.8 Å². The number of aryl methyl sites for hydroxylation is 1. The molecule has 0 atom stereocenters. The van der Waals surface area contributed by atoms with Gasteiger partial charge in [0.2, 0.25) is 0 Å². The minimum atomic E-state index is -0.340. The van der Waals surface area contributed by atoms with Crippen LogP contribution in [0.25, 0.3) is 22.0 Å². The van der Waals surface area contributed by atoms with Gasteiger partial charge in [0.1, 0.15) is 18.2 Å². The van der Waals surface area contributed by atoms with E-state index in [0.29, 0.717) is 30.8 Å². The first-order valence-electron chi connectivity index (χ1n) is 9.83. The van der Waals surface area contributed by atoms with Crippen LogP contribution in [0.1, 0.15) is 21.5 Å². The molecule has 0 bridgehead atoms. The summed E-state index contributed by atoms with van der Waals surface area (Å²) in [5, 5.41) is 8.13. The number of carbonyl (C=O) groups is 1. The number of fused-ring (bicyclic) bond motifs is 2. The van der Waals surface area contributed by atoms with Crippen LogP contribution in [0.4, 0.5) is 4.39 Å². The first-order chi connectivity index (χ1) is 14.6. The van der Waals surface area contributed by atoms with Crippen LogP contribution in [0, 0.1) is 12.7 Å². The summed E-state index contributed by atoms with van der Waals surface area (Å²) in [6, 6.07) is 16.5. The molecule has 1 amide bonds. The van der Waals surface area contributed by atoms with E-state index in [1.807, 2.05) is 18.2 Å². The lowest BCUT2D eigenvalue weighted by atomic mass is 10.0. The summed E-state index contributed by atoms with van der Waals surface area (Å²) in [6.45, 7) is 3.08. The lowest BCUT2D eigenvalue weighted by molar-refractivity contribution is 0.0732. The molecule has 0 saturated carbocycles. The van der Waals surface area contributed by atoms with Crippen molar-refractivity contribution in [2.24, 2.45) is 0 Å². The van der Waals surface area contributed by atoms with Crippen LogP contribution in [0.2, 0.25) is 0 Å². The predicted octanol–water partition coefficient (Wildman–Crippen LogP) is 4.71. The van der Waals surface area contributed by atoms with Crippen molar-refractivity contribution in [3.63, 3.8) is 0 Å². The SMILES string of the molecule is Cc1cc(F)ccc1C(=O)N1CCOc2ccc(-c3ccc4cn[nH]c4c3)cc2C1. The summed E-state index contributed by atoms with van der Waals surface area (Å²) in [5.74, 6) is 0.327. The third kappa shape index (κ3) is 3.30.